The van der Waals surface area contributed by atoms with Gasteiger partial charge in [0.2, 0.25) is 0 Å². The molecule has 2 aromatic carbocycles. The third-order valence-corrected chi connectivity index (χ3v) is 4.42. The summed E-state index contributed by atoms with van der Waals surface area (Å²) in [6.45, 7) is -0.199. The van der Waals surface area contributed by atoms with Crippen LogP contribution in [0.25, 0.3) is 0 Å². The van der Waals surface area contributed by atoms with E-state index in [0.717, 1.165) is 5.56 Å². The summed E-state index contributed by atoms with van der Waals surface area (Å²) in [5.41, 5.74) is 0.769. The van der Waals surface area contributed by atoms with Gasteiger partial charge in [-0.2, -0.15) is 13.2 Å². The normalized spacial score (nSPS) is 20.9. The Labute approximate surface area is 148 Å². The quantitative estimate of drug-likeness (QED) is 0.864. The number of benzene rings is 2. The van der Waals surface area contributed by atoms with Crippen LogP contribution in [-0.4, -0.2) is 35.2 Å². The van der Waals surface area contributed by atoms with Crippen LogP contribution in [0.5, 0.6) is 11.5 Å². The molecular weight excluding hydrogens is 347 g/mol. The average Bonchev–Trinajstić information content (AvgIpc) is 3.01. The SMILES string of the molecule is O=C(O)[C@@H]1CN(Cc2cccc(Oc3ccccc3)c2)C[C@H]1C(F)(F)F. The van der Waals surface area contributed by atoms with Gasteiger partial charge in [0.15, 0.2) is 0 Å². The fourth-order valence-electron chi connectivity index (χ4n) is 3.19. The molecule has 2 atom stereocenters. The standard InChI is InChI=1S/C19H18F3NO3/c20-19(21,22)17-12-23(11-16(17)18(24)25)10-13-5-4-8-15(9-13)26-14-6-2-1-3-7-14/h1-9,16-17H,10-12H2,(H,24,25)/t16-,17-/m1/s1. The van der Waals surface area contributed by atoms with Crippen molar-refractivity contribution < 1.29 is 27.8 Å². The molecule has 0 spiro atoms. The van der Waals surface area contributed by atoms with Gasteiger partial charge in [0, 0.05) is 19.6 Å². The summed E-state index contributed by atoms with van der Waals surface area (Å²) in [5.74, 6) is -3.44. The third-order valence-electron chi connectivity index (χ3n) is 4.42. The van der Waals surface area contributed by atoms with Gasteiger partial charge in [-0.1, -0.05) is 30.3 Å². The molecule has 0 amide bonds. The molecule has 1 heterocycles. The summed E-state index contributed by atoms with van der Waals surface area (Å²) in [7, 11) is 0. The summed E-state index contributed by atoms with van der Waals surface area (Å²) >= 11 is 0. The Morgan fingerprint density at radius 3 is 2.38 bits per heavy atom. The Morgan fingerprint density at radius 1 is 1.08 bits per heavy atom. The van der Waals surface area contributed by atoms with Gasteiger partial charge in [-0.25, -0.2) is 0 Å². The highest BCUT2D eigenvalue weighted by Gasteiger charge is 2.52. The average molecular weight is 365 g/mol. The molecule has 138 valence electrons. The molecule has 0 bridgehead atoms. The first-order chi connectivity index (χ1) is 12.3. The molecule has 0 saturated carbocycles. The monoisotopic (exact) mass is 365 g/mol. The summed E-state index contributed by atoms with van der Waals surface area (Å²) in [6.07, 6.45) is -4.52. The Balaban J connectivity index is 1.69. The molecule has 1 aliphatic rings. The van der Waals surface area contributed by atoms with E-state index in [1.165, 1.54) is 4.90 Å². The number of aliphatic carboxylic acids is 1. The number of carboxylic acids is 1. The van der Waals surface area contributed by atoms with Crippen LogP contribution in [0.2, 0.25) is 0 Å². The van der Waals surface area contributed by atoms with Crippen molar-refractivity contribution in [2.24, 2.45) is 11.8 Å². The lowest BCUT2D eigenvalue weighted by molar-refractivity contribution is -0.188. The van der Waals surface area contributed by atoms with E-state index in [2.05, 4.69) is 0 Å². The van der Waals surface area contributed by atoms with Crippen molar-refractivity contribution in [3.63, 3.8) is 0 Å². The molecule has 0 radical (unpaired) electrons. The number of halogens is 3. The largest absolute Gasteiger partial charge is 0.481 e. The van der Waals surface area contributed by atoms with Crippen LogP contribution >= 0.6 is 0 Å². The maximum Gasteiger partial charge on any atom is 0.393 e. The molecule has 0 unspecified atom stereocenters. The molecule has 4 nitrogen and oxygen atoms in total. The van der Waals surface area contributed by atoms with Crippen LogP contribution in [0.3, 0.4) is 0 Å². The van der Waals surface area contributed by atoms with Crippen molar-refractivity contribution in [1.82, 2.24) is 4.90 Å². The number of ether oxygens (including phenoxy) is 1. The molecule has 0 aliphatic carbocycles. The maximum absolute atomic E-state index is 13.1. The predicted octanol–water partition coefficient (Wildman–Crippen LogP) is 4.17. The number of carbonyl (C=O) groups is 1. The Kier molecular flexibility index (Phi) is 5.18. The van der Waals surface area contributed by atoms with Gasteiger partial charge in [-0.3, -0.25) is 9.69 Å². The van der Waals surface area contributed by atoms with Crippen LogP contribution < -0.4 is 4.74 Å². The van der Waals surface area contributed by atoms with Crippen molar-refractivity contribution in [2.75, 3.05) is 13.1 Å². The van der Waals surface area contributed by atoms with E-state index in [0.29, 0.717) is 11.5 Å². The molecule has 1 N–H and O–H groups in total. The minimum Gasteiger partial charge on any atom is -0.481 e. The van der Waals surface area contributed by atoms with E-state index >= 15 is 0 Å². The molecule has 1 saturated heterocycles. The van der Waals surface area contributed by atoms with E-state index in [1.807, 2.05) is 18.2 Å². The lowest BCUT2D eigenvalue weighted by Crippen LogP contribution is -2.33. The minimum absolute atomic E-state index is 0.122. The van der Waals surface area contributed by atoms with E-state index in [4.69, 9.17) is 9.84 Å². The lowest BCUT2D eigenvalue weighted by atomic mass is 9.96. The Morgan fingerprint density at radius 2 is 1.77 bits per heavy atom. The number of hydrogen-bond acceptors (Lipinski definition) is 3. The number of hydrogen-bond donors (Lipinski definition) is 1. The third kappa shape index (κ3) is 4.35. The van der Waals surface area contributed by atoms with Gasteiger partial charge in [0.05, 0.1) is 11.8 Å². The summed E-state index contributed by atoms with van der Waals surface area (Å²) < 4.78 is 45.0. The van der Waals surface area contributed by atoms with Crippen LogP contribution in [0.4, 0.5) is 13.2 Å². The van der Waals surface area contributed by atoms with Gasteiger partial charge in [-0.05, 0) is 29.8 Å². The summed E-state index contributed by atoms with van der Waals surface area (Å²) in [4.78, 5) is 12.7. The van der Waals surface area contributed by atoms with Gasteiger partial charge < -0.3 is 9.84 Å². The topological polar surface area (TPSA) is 49.8 Å². The predicted molar refractivity (Wildman–Crippen MR) is 88.9 cm³/mol. The summed E-state index contributed by atoms with van der Waals surface area (Å²) in [6, 6.07) is 16.2. The maximum atomic E-state index is 13.1. The van der Waals surface area contributed by atoms with E-state index in [9.17, 15) is 18.0 Å². The zero-order valence-corrected chi connectivity index (χ0v) is 13.8. The fourth-order valence-corrected chi connectivity index (χ4v) is 3.19. The van der Waals surface area contributed by atoms with E-state index < -0.39 is 24.0 Å². The van der Waals surface area contributed by atoms with Crippen molar-refractivity contribution in [1.29, 1.82) is 0 Å². The summed E-state index contributed by atoms with van der Waals surface area (Å²) in [5, 5.41) is 9.09. The second kappa shape index (κ2) is 7.37. The molecule has 1 aliphatic heterocycles. The van der Waals surface area contributed by atoms with Crippen LogP contribution in [0, 0.1) is 11.8 Å². The number of carboxylic acid groups (broad SMARTS) is 1. The zero-order chi connectivity index (χ0) is 18.7. The Bertz CT molecular complexity index is 764. The van der Waals surface area contributed by atoms with Crippen molar-refractivity contribution in [3.8, 4) is 11.5 Å². The fraction of sp³-hybridized carbons (Fsp3) is 0.316. The number of alkyl halides is 3. The highest BCUT2D eigenvalue weighted by Crippen LogP contribution is 2.38. The molecule has 7 heteroatoms. The second-order valence-electron chi connectivity index (χ2n) is 6.35. The Hall–Kier alpha value is -2.54. The van der Waals surface area contributed by atoms with Gasteiger partial charge >= 0.3 is 12.1 Å². The minimum atomic E-state index is -4.52. The first kappa shape index (κ1) is 18.3. The zero-order valence-electron chi connectivity index (χ0n) is 13.8. The van der Waals surface area contributed by atoms with Crippen molar-refractivity contribution in [2.45, 2.75) is 12.7 Å². The van der Waals surface area contributed by atoms with Crippen LogP contribution in [0.15, 0.2) is 54.6 Å². The van der Waals surface area contributed by atoms with E-state index in [1.54, 1.807) is 36.4 Å². The molecule has 0 aromatic heterocycles. The highest BCUT2D eigenvalue weighted by molar-refractivity contribution is 5.71. The number of nitrogens with zero attached hydrogens (tertiary/aromatic N) is 1. The molecule has 3 rings (SSSR count). The van der Waals surface area contributed by atoms with Crippen molar-refractivity contribution in [3.05, 3.63) is 60.2 Å². The first-order valence-electron chi connectivity index (χ1n) is 8.16. The van der Waals surface area contributed by atoms with Crippen molar-refractivity contribution >= 4 is 5.97 Å². The lowest BCUT2D eigenvalue weighted by Gasteiger charge is -2.18. The number of rotatable bonds is 5. The van der Waals surface area contributed by atoms with Gasteiger partial charge in [-0.15, -0.1) is 0 Å². The number of para-hydroxylation sites is 1. The van der Waals surface area contributed by atoms with E-state index in [-0.39, 0.29) is 19.6 Å². The molecular formula is C19H18F3NO3. The van der Waals surface area contributed by atoms with Crippen LogP contribution in [0.1, 0.15) is 5.56 Å². The molecule has 1 fully saturated rings. The van der Waals surface area contributed by atoms with Crippen LogP contribution in [-0.2, 0) is 11.3 Å². The smallest absolute Gasteiger partial charge is 0.393 e. The molecule has 2 aromatic rings. The molecule has 26 heavy (non-hydrogen) atoms. The second-order valence-corrected chi connectivity index (χ2v) is 6.35. The number of likely N-dealkylation sites (tertiary alicyclic amines) is 1. The highest BCUT2D eigenvalue weighted by atomic mass is 19.4. The first-order valence-corrected chi connectivity index (χ1v) is 8.16. The van der Waals surface area contributed by atoms with Gasteiger partial charge in [0.1, 0.15) is 11.5 Å². The van der Waals surface area contributed by atoms with Gasteiger partial charge in [0.25, 0.3) is 0 Å².